The number of thioether (sulfide) groups is 1. The Morgan fingerprint density at radius 2 is 2.16 bits per heavy atom. The van der Waals surface area contributed by atoms with E-state index in [0.29, 0.717) is 5.75 Å². The molecule has 0 unspecified atom stereocenters. The smallest absolute Gasteiger partial charge is 0.230 e. The molecule has 106 valence electrons. The van der Waals surface area contributed by atoms with Crippen LogP contribution in [0.15, 0.2) is 27.6 Å². The first-order valence-electron chi connectivity index (χ1n) is 6.23. The second kappa shape index (κ2) is 7.92. The van der Waals surface area contributed by atoms with Crippen LogP contribution in [-0.2, 0) is 4.79 Å². The highest BCUT2D eigenvalue weighted by Gasteiger charge is 2.15. The van der Waals surface area contributed by atoms with E-state index in [1.807, 2.05) is 39.0 Å². The molecule has 0 fully saturated rings. The van der Waals surface area contributed by atoms with Gasteiger partial charge in [-0.1, -0.05) is 29.8 Å². The van der Waals surface area contributed by atoms with Gasteiger partial charge in [-0.05, 0) is 36.6 Å². The zero-order valence-corrected chi connectivity index (χ0v) is 13.8. The number of aliphatic hydroxyl groups excluding tert-OH is 1. The molecule has 0 aromatic heterocycles. The molecule has 19 heavy (non-hydrogen) atoms. The summed E-state index contributed by atoms with van der Waals surface area (Å²) in [6.45, 7) is 5.96. The van der Waals surface area contributed by atoms with Gasteiger partial charge in [-0.15, -0.1) is 11.8 Å². The number of hydrogen-bond acceptors (Lipinski definition) is 3. The van der Waals surface area contributed by atoms with Crippen molar-refractivity contribution in [2.24, 2.45) is 5.92 Å². The molecule has 3 nitrogen and oxygen atoms in total. The quantitative estimate of drug-likeness (QED) is 0.779. The molecule has 1 amide bonds. The molecule has 5 heteroatoms. The summed E-state index contributed by atoms with van der Waals surface area (Å²) in [5.41, 5.74) is 1.15. The van der Waals surface area contributed by atoms with Crippen molar-refractivity contribution in [3.63, 3.8) is 0 Å². The van der Waals surface area contributed by atoms with E-state index in [1.54, 1.807) is 0 Å². The van der Waals surface area contributed by atoms with Crippen molar-refractivity contribution in [3.8, 4) is 0 Å². The van der Waals surface area contributed by atoms with E-state index in [0.717, 1.165) is 14.9 Å². The topological polar surface area (TPSA) is 49.3 Å². The van der Waals surface area contributed by atoms with Gasteiger partial charge in [0.15, 0.2) is 0 Å². The summed E-state index contributed by atoms with van der Waals surface area (Å²) >= 11 is 4.93. The van der Waals surface area contributed by atoms with Crippen molar-refractivity contribution in [1.82, 2.24) is 5.32 Å². The number of carbonyl (C=O) groups is 1. The maximum Gasteiger partial charge on any atom is 0.230 e. The number of aliphatic hydroxyl groups is 1. The molecule has 0 saturated carbocycles. The van der Waals surface area contributed by atoms with Gasteiger partial charge in [-0.3, -0.25) is 4.79 Å². The number of halogens is 1. The number of carbonyl (C=O) groups excluding carboxylic acids is 1. The Morgan fingerprint density at radius 3 is 2.68 bits per heavy atom. The molecule has 0 aliphatic heterocycles. The van der Waals surface area contributed by atoms with E-state index in [-0.39, 0.29) is 24.5 Å². The first kappa shape index (κ1) is 16.5. The van der Waals surface area contributed by atoms with Crippen LogP contribution < -0.4 is 5.32 Å². The highest BCUT2D eigenvalue weighted by atomic mass is 79.9. The zero-order chi connectivity index (χ0) is 14.4. The van der Waals surface area contributed by atoms with Gasteiger partial charge < -0.3 is 10.4 Å². The summed E-state index contributed by atoms with van der Waals surface area (Å²) in [5, 5.41) is 12.0. The fourth-order valence-electron chi connectivity index (χ4n) is 1.59. The van der Waals surface area contributed by atoms with Crippen LogP contribution in [0.5, 0.6) is 0 Å². The molecule has 1 aromatic rings. The minimum atomic E-state index is -0.167. The van der Waals surface area contributed by atoms with Crippen molar-refractivity contribution in [3.05, 3.63) is 28.2 Å². The highest BCUT2D eigenvalue weighted by molar-refractivity contribution is 9.10. The number of nitrogens with one attached hydrogen (secondary N) is 1. The maximum absolute atomic E-state index is 11.8. The van der Waals surface area contributed by atoms with Crippen LogP contribution in [0, 0.1) is 12.8 Å². The SMILES string of the molecule is Cc1cc(Br)ccc1SCC(=O)N[C@H](CO)C(C)C. The summed E-state index contributed by atoms with van der Waals surface area (Å²) in [6, 6.07) is 5.84. The second-order valence-corrected chi connectivity index (χ2v) is 6.73. The average Bonchev–Trinajstić information content (AvgIpc) is 2.34. The molecule has 0 aliphatic rings. The molecule has 0 radical (unpaired) electrons. The molecule has 2 N–H and O–H groups in total. The predicted molar refractivity (Wildman–Crippen MR) is 83.5 cm³/mol. The van der Waals surface area contributed by atoms with Crippen LogP contribution >= 0.6 is 27.7 Å². The number of rotatable bonds is 6. The van der Waals surface area contributed by atoms with Gasteiger partial charge in [0.2, 0.25) is 5.91 Å². The summed E-state index contributed by atoms with van der Waals surface area (Å²) in [6.07, 6.45) is 0. The normalized spacial score (nSPS) is 12.5. The lowest BCUT2D eigenvalue weighted by Gasteiger charge is -2.19. The predicted octanol–water partition coefficient (Wildman–Crippen LogP) is 2.98. The second-order valence-electron chi connectivity index (χ2n) is 4.80. The van der Waals surface area contributed by atoms with Gasteiger partial charge in [-0.25, -0.2) is 0 Å². The van der Waals surface area contributed by atoms with Crippen molar-refractivity contribution in [1.29, 1.82) is 0 Å². The largest absolute Gasteiger partial charge is 0.394 e. The fraction of sp³-hybridized carbons (Fsp3) is 0.500. The monoisotopic (exact) mass is 345 g/mol. The third kappa shape index (κ3) is 5.55. The van der Waals surface area contributed by atoms with Gasteiger partial charge >= 0.3 is 0 Å². The van der Waals surface area contributed by atoms with Crippen molar-refractivity contribution in [2.75, 3.05) is 12.4 Å². The van der Waals surface area contributed by atoms with Crippen LogP contribution in [0.1, 0.15) is 19.4 Å². The van der Waals surface area contributed by atoms with Crippen molar-refractivity contribution < 1.29 is 9.90 Å². The van der Waals surface area contributed by atoms with Gasteiger partial charge in [0.1, 0.15) is 0 Å². The molecule has 1 rings (SSSR count). The minimum absolute atomic E-state index is 0.0224. The Balaban J connectivity index is 2.50. The first-order chi connectivity index (χ1) is 8.93. The standard InChI is InChI=1S/C14H20BrNO2S/c1-9(2)12(7-17)16-14(18)8-19-13-5-4-11(15)6-10(13)3/h4-6,9,12,17H,7-8H2,1-3H3,(H,16,18)/t12-/m1/s1. The van der Waals surface area contributed by atoms with Crippen LogP contribution in [0.4, 0.5) is 0 Å². The summed E-state index contributed by atoms with van der Waals surface area (Å²) in [7, 11) is 0. The molecular weight excluding hydrogens is 326 g/mol. The summed E-state index contributed by atoms with van der Waals surface area (Å²) in [4.78, 5) is 12.9. The molecular formula is C14H20BrNO2S. The van der Waals surface area contributed by atoms with Gasteiger partial charge in [0, 0.05) is 9.37 Å². The number of benzene rings is 1. The lowest BCUT2D eigenvalue weighted by molar-refractivity contribution is -0.119. The lowest BCUT2D eigenvalue weighted by Crippen LogP contribution is -2.41. The minimum Gasteiger partial charge on any atom is -0.394 e. The highest BCUT2D eigenvalue weighted by Crippen LogP contribution is 2.25. The number of aryl methyl sites for hydroxylation is 1. The van der Waals surface area contributed by atoms with Gasteiger partial charge in [-0.2, -0.15) is 0 Å². The zero-order valence-electron chi connectivity index (χ0n) is 11.4. The number of hydrogen-bond donors (Lipinski definition) is 2. The Morgan fingerprint density at radius 1 is 1.47 bits per heavy atom. The molecule has 0 bridgehead atoms. The average molecular weight is 346 g/mol. The molecule has 1 aromatic carbocycles. The third-order valence-electron chi connectivity index (χ3n) is 2.84. The fourth-order valence-corrected chi connectivity index (χ4v) is 2.89. The Labute approximate surface area is 127 Å². The molecule has 0 spiro atoms. The molecule has 0 aliphatic carbocycles. The molecule has 1 atom stereocenters. The summed E-state index contributed by atoms with van der Waals surface area (Å²) in [5.74, 6) is 0.555. The van der Waals surface area contributed by atoms with E-state index in [1.165, 1.54) is 11.8 Å². The molecule has 0 saturated heterocycles. The maximum atomic E-state index is 11.8. The third-order valence-corrected chi connectivity index (χ3v) is 4.51. The van der Waals surface area contributed by atoms with E-state index >= 15 is 0 Å². The van der Waals surface area contributed by atoms with Gasteiger partial charge in [0.25, 0.3) is 0 Å². The Kier molecular flexibility index (Phi) is 6.89. The Bertz CT molecular complexity index is 437. The molecule has 0 heterocycles. The van der Waals surface area contributed by atoms with Crippen molar-refractivity contribution in [2.45, 2.75) is 31.7 Å². The van der Waals surface area contributed by atoms with Crippen LogP contribution in [0.3, 0.4) is 0 Å². The lowest BCUT2D eigenvalue weighted by atomic mass is 10.1. The van der Waals surface area contributed by atoms with Crippen LogP contribution in [0.2, 0.25) is 0 Å². The van der Waals surface area contributed by atoms with E-state index < -0.39 is 0 Å². The first-order valence-corrected chi connectivity index (χ1v) is 8.01. The number of amides is 1. The summed E-state index contributed by atoms with van der Waals surface area (Å²) < 4.78 is 1.04. The van der Waals surface area contributed by atoms with Crippen LogP contribution in [0.25, 0.3) is 0 Å². The van der Waals surface area contributed by atoms with Gasteiger partial charge in [0.05, 0.1) is 18.4 Å². The van der Waals surface area contributed by atoms with Crippen LogP contribution in [-0.4, -0.2) is 29.4 Å². The Hall–Kier alpha value is -0.520. The van der Waals surface area contributed by atoms with E-state index in [9.17, 15) is 9.90 Å². The van der Waals surface area contributed by atoms with Crippen molar-refractivity contribution >= 4 is 33.6 Å². The van der Waals surface area contributed by atoms with E-state index in [4.69, 9.17) is 0 Å². The van der Waals surface area contributed by atoms with E-state index in [2.05, 4.69) is 21.2 Å².